The molecule has 0 aliphatic heterocycles. The Labute approximate surface area is 206 Å². The van der Waals surface area contributed by atoms with Crippen LogP contribution >= 0.6 is 15.9 Å². The summed E-state index contributed by atoms with van der Waals surface area (Å²) in [5.74, 6) is 0. The molecule has 0 bridgehead atoms. The van der Waals surface area contributed by atoms with Crippen LogP contribution in [0, 0.1) is 0 Å². The van der Waals surface area contributed by atoms with Gasteiger partial charge >= 0.3 is 0 Å². The Hall–Kier alpha value is -3.88. The van der Waals surface area contributed by atoms with E-state index in [-0.39, 0.29) is 0 Å². The summed E-state index contributed by atoms with van der Waals surface area (Å²) in [6.07, 6.45) is 0. The molecule has 0 N–H and O–H groups in total. The molecule has 7 aromatic rings. The van der Waals surface area contributed by atoms with Crippen LogP contribution in [0.25, 0.3) is 60.5 Å². The van der Waals surface area contributed by atoms with Crippen LogP contribution in [0.4, 0.5) is 0 Å². The molecular weight excluding hydrogens is 478 g/mol. The van der Waals surface area contributed by atoms with Crippen molar-refractivity contribution < 1.29 is 0 Å². The fourth-order valence-corrected chi connectivity index (χ4v) is 5.78. The summed E-state index contributed by atoms with van der Waals surface area (Å²) in [4.78, 5) is 0. The summed E-state index contributed by atoms with van der Waals surface area (Å²) in [6, 6.07) is 43.7. The lowest BCUT2D eigenvalue weighted by atomic mass is 9.91. The highest BCUT2D eigenvalue weighted by Gasteiger charge is 2.20. The SMILES string of the molecule is Brc1cccc(-n2c3ccc(-c4ccccc4)c4ccc5c(-c6ccccc6)ccc2c5c43)c1. The van der Waals surface area contributed by atoms with Gasteiger partial charge in [0.05, 0.1) is 11.0 Å². The van der Waals surface area contributed by atoms with Gasteiger partial charge in [-0.25, -0.2) is 0 Å². The summed E-state index contributed by atoms with van der Waals surface area (Å²) in [6.45, 7) is 0. The lowest BCUT2D eigenvalue weighted by Gasteiger charge is -2.11. The highest BCUT2D eigenvalue weighted by molar-refractivity contribution is 9.10. The molecule has 0 radical (unpaired) electrons. The van der Waals surface area contributed by atoms with E-state index >= 15 is 0 Å². The maximum absolute atomic E-state index is 3.68. The zero-order valence-corrected chi connectivity index (χ0v) is 20.0. The molecule has 0 saturated carbocycles. The van der Waals surface area contributed by atoms with Gasteiger partial charge in [-0.15, -0.1) is 0 Å². The van der Waals surface area contributed by atoms with Crippen LogP contribution in [0.1, 0.15) is 0 Å². The molecule has 0 atom stereocenters. The van der Waals surface area contributed by atoms with Crippen LogP contribution in [0.3, 0.4) is 0 Å². The van der Waals surface area contributed by atoms with Crippen molar-refractivity contribution in [3.05, 3.63) is 126 Å². The average molecular weight is 498 g/mol. The maximum Gasteiger partial charge on any atom is 0.0547 e. The minimum absolute atomic E-state index is 1.08. The van der Waals surface area contributed by atoms with Crippen LogP contribution in [-0.2, 0) is 0 Å². The van der Waals surface area contributed by atoms with E-state index in [2.05, 4.69) is 142 Å². The molecule has 0 spiro atoms. The molecule has 34 heavy (non-hydrogen) atoms. The zero-order chi connectivity index (χ0) is 22.6. The van der Waals surface area contributed by atoms with Crippen molar-refractivity contribution in [1.82, 2.24) is 4.57 Å². The topological polar surface area (TPSA) is 4.93 Å². The van der Waals surface area contributed by atoms with Crippen molar-refractivity contribution in [3.63, 3.8) is 0 Å². The molecule has 0 saturated heterocycles. The van der Waals surface area contributed by atoms with Gasteiger partial charge < -0.3 is 4.57 Å². The maximum atomic E-state index is 3.68. The van der Waals surface area contributed by atoms with E-state index in [1.807, 2.05) is 0 Å². The van der Waals surface area contributed by atoms with E-state index in [0.29, 0.717) is 0 Å². The van der Waals surface area contributed by atoms with E-state index in [0.717, 1.165) is 10.2 Å². The van der Waals surface area contributed by atoms with E-state index in [9.17, 15) is 0 Å². The molecule has 0 aliphatic rings. The summed E-state index contributed by atoms with van der Waals surface area (Å²) in [5.41, 5.74) is 8.66. The van der Waals surface area contributed by atoms with Gasteiger partial charge in [-0.3, -0.25) is 0 Å². The molecule has 1 aromatic heterocycles. The van der Waals surface area contributed by atoms with E-state index < -0.39 is 0 Å². The lowest BCUT2D eigenvalue weighted by Crippen LogP contribution is -1.93. The second-order valence-corrected chi connectivity index (χ2v) is 9.64. The quantitative estimate of drug-likeness (QED) is 0.214. The summed E-state index contributed by atoms with van der Waals surface area (Å²) in [7, 11) is 0. The second-order valence-electron chi connectivity index (χ2n) is 8.72. The second kappa shape index (κ2) is 7.58. The van der Waals surface area contributed by atoms with Crippen LogP contribution in [-0.4, -0.2) is 4.57 Å². The smallest absolute Gasteiger partial charge is 0.0547 e. The fraction of sp³-hybridized carbons (Fsp3) is 0. The highest BCUT2D eigenvalue weighted by atomic mass is 79.9. The van der Waals surface area contributed by atoms with Crippen molar-refractivity contribution in [1.29, 1.82) is 0 Å². The van der Waals surface area contributed by atoms with Gasteiger partial charge in [0.25, 0.3) is 0 Å². The number of hydrogen-bond donors (Lipinski definition) is 0. The van der Waals surface area contributed by atoms with Gasteiger partial charge in [-0.2, -0.15) is 0 Å². The van der Waals surface area contributed by atoms with E-state index in [1.54, 1.807) is 0 Å². The van der Waals surface area contributed by atoms with Crippen molar-refractivity contribution in [2.24, 2.45) is 0 Å². The van der Waals surface area contributed by atoms with Crippen LogP contribution in [0.5, 0.6) is 0 Å². The summed E-state index contributed by atoms with van der Waals surface area (Å²) < 4.78 is 3.48. The third-order valence-corrected chi connectivity index (χ3v) is 7.32. The molecule has 6 aromatic carbocycles. The Morgan fingerprint density at radius 3 is 1.50 bits per heavy atom. The number of nitrogens with zero attached hydrogens (tertiary/aromatic N) is 1. The number of benzene rings is 6. The summed E-state index contributed by atoms with van der Waals surface area (Å²) in [5, 5.41) is 5.23. The van der Waals surface area contributed by atoms with Gasteiger partial charge in [-0.05, 0) is 63.4 Å². The standard InChI is InChI=1S/C32H20BrN/c33-23-12-7-13-24(20-23)34-29-18-16-25(21-8-3-1-4-9-21)27-14-15-28-26(22-10-5-2-6-11-22)17-19-30(34)32(28)31(27)29/h1-20H. The van der Waals surface area contributed by atoms with Crippen molar-refractivity contribution >= 4 is 48.5 Å². The predicted molar refractivity (Wildman–Crippen MR) is 148 cm³/mol. The summed E-state index contributed by atoms with van der Waals surface area (Å²) >= 11 is 3.68. The molecule has 1 nitrogen and oxygen atoms in total. The molecule has 0 aliphatic carbocycles. The highest BCUT2D eigenvalue weighted by Crippen LogP contribution is 2.45. The largest absolute Gasteiger partial charge is 0.309 e. The number of halogens is 1. The Morgan fingerprint density at radius 1 is 0.471 bits per heavy atom. The Kier molecular flexibility index (Phi) is 4.36. The monoisotopic (exact) mass is 497 g/mol. The fourth-order valence-electron chi connectivity index (χ4n) is 5.39. The zero-order valence-electron chi connectivity index (χ0n) is 18.4. The first kappa shape index (κ1) is 19.6. The third-order valence-electron chi connectivity index (χ3n) is 6.83. The van der Waals surface area contributed by atoms with Gasteiger partial charge in [0.2, 0.25) is 0 Å². The Bertz CT molecular complexity index is 1690. The number of hydrogen-bond acceptors (Lipinski definition) is 0. The van der Waals surface area contributed by atoms with Crippen molar-refractivity contribution in [2.45, 2.75) is 0 Å². The van der Waals surface area contributed by atoms with Crippen LogP contribution in [0.2, 0.25) is 0 Å². The first-order valence-electron chi connectivity index (χ1n) is 11.5. The Morgan fingerprint density at radius 2 is 1.00 bits per heavy atom. The normalized spacial score (nSPS) is 11.7. The Balaban J connectivity index is 1.66. The van der Waals surface area contributed by atoms with Gasteiger partial charge in [0, 0.05) is 20.9 Å². The van der Waals surface area contributed by atoms with Crippen molar-refractivity contribution in [3.8, 4) is 27.9 Å². The molecule has 0 amide bonds. The molecule has 1 heterocycles. The first-order chi connectivity index (χ1) is 16.8. The molecule has 0 unspecified atom stereocenters. The van der Waals surface area contributed by atoms with Gasteiger partial charge in [0.1, 0.15) is 0 Å². The van der Waals surface area contributed by atoms with Gasteiger partial charge in [-0.1, -0.05) is 107 Å². The van der Waals surface area contributed by atoms with E-state index in [4.69, 9.17) is 0 Å². The van der Waals surface area contributed by atoms with Crippen LogP contribution < -0.4 is 0 Å². The molecule has 0 fully saturated rings. The minimum Gasteiger partial charge on any atom is -0.309 e. The van der Waals surface area contributed by atoms with Crippen molar-refractivity contribution in [2.75, 3.05) is 0 Å². The molecular formula is C32H20BrN. The third kappa shape index (κ3) is 2.85. The molecule has 7 rings (SSSR count). The lowest BCUT2D eigenvalue weighted by molar-refractivity contribution is 1.18. The van der Waals surface area contributed by atoms with E-state index in [1.165, 1.54) is 54.8 Å². The predicted octanol–water partition coefficient (Wildman–Crippen LogP) is 9.47. The first-order valence-corrected chi connectivity index (χ1v) is 12.3. The molecule has 160 valence electrons. The minimum atomic E-state index is 1.08. The number of aromatic nitrogens is 1. The average Bonchev–Trinajstić information content (AvgIpc) is 3.23. The number of rotatable bonds is 3. The van der Waals surface area contributed by atoms with Crippen LogP contribution in [0.15, 0.2) is 126 Å². The molecule has 2 heteroatoms. The van der Waals surface area contributed by atoms with Gasteiger partial charge in [0.15, 0.2) is 0 Å².